The second-order valence-electron chi connectivity index (χ2n) is 7.87. The summed E-state index contributed by atoms with van der Waals surface area (Å²) in [5, 5.41) is 10.9. The van der Waals surface area contributed by atoms with Gasteiger partial charge in [0.25, 0.3) is 0 Å². The Morgan fingerprint density at radius 1 is 1.13 bits per heavy atom. The van der Waals surface area contributed by atoms with Gasteiger partial charge >= 0.3 is 0 Å². The lowest BCUT2D eigenvalue weighted by Gasteiger charge is -2.12. The third kappa shape index (κ3) is 3.71. The molecule has 0 spiro atoms. The van der Waals surface area contributed by atoms with Gasteiger partial charge in [0, 0.05) is 59.4 Å². The molecule has 2 aromatic carbocycles. The van der Waals surface area contributed by atoms with Gasteiger partial charge in [0.05, 0.1) is 0 Å². The Bertz CT molecular complexity index is 1240. The van der Waals surface area contributed by atoms with Crippen LogP contribution in [-0.4, -0.2) is 15.6 Å². The molecular formula is C25H24FN2O2+. The van der Waals surface area contributed by atoms with Crippen molar-refractivity contribution in [3.63, 3.8) is 0 Å². The van der Waals surface area contributed by atoms with Crippen molar-refractivity contribution >= 4 is 16.7 Å². The third-order valence-electron chi connectivity index (χ3n) is 5.69. The normalized spacial score (nSPS) is 12.3. The fourth-order valence-corrected chi connectivity index (χ4v) is 3.79. The first-order valence-corrected chi connectivity index (χ1v) is 9.93. The number of Topliss-reactive ketones (excluding diaryl/α,β-unsaturated/α-hetero) is 1. The topological polar surface area (TPSA) is 46.1 Å². The standard InChI is InChI=1S/C25H24FN2O2/c1-16(19-5-4-17(2)28(30)15-19)12-25(29)20-13-23(18-6-8-21(26)9-7-18)22-10-11-27(3)24(22)14-20/h4-11,13-16,30H,12H2,1-3H3/q+1/t16-/m0/s1. The molecule has 0 aliphatic heterocycles. The number of fused-ring (bicyclic) bond motifs is 1. The van der Waals surface area contributed by atoms with Crippen molar-refractivity contribution < 1.29 is 19.1 Å². The van der Waals surface area contributed by atoms with Gasteiger partial charge in [-0.25, -0.2) is 4.39 Å². The molecule has 0 bridgehead atoms. The predicted octanol–water partition coefficient (Wildman–Crippen LogP) is 5.19. The zero-order chi connectivity index (χ0) is 21.4. The van der Waals surface area contributed by atoms with Crippen molar-refractivity contribution in [2.45, 2.75) is 26.2 Å². The van der Waals surface area contributed by atoms with Gasteiger partial charge < -0.3 is 4.57 Å². The van der Waals surface area contributed by atoms with E-state index < -0.39 is 0 Å². The molecule has 1 atom stereocenters. The third-order valence-corrected chi connectivity index (χ3v) is 5.69. The fourth-order valence-electron chi connectivity index (χ4n) is 3.79. The van der Waals surface area contributed by atoms with E-state index in [0.29, 0.717) is 12.0 Å². The molecule has 30 heavy (non-hydrogen) atoms. The Morgan fingerprint density at radius 3 is 2.57 bits per heavy atom. The van der Waals surface area contributed by atoms with E-state index in [-0.39, 0.29) is 17.5 Å². The van der Waals surface area contributed by atoms with E-state index in [1.54, 1.807) is 18.3 Å². The van der Waals surface area contributed by atoms with Crippen LogP contribution in [0, 0.1) is 12.7 Å². The number of nitrogens with zero attached hydrogens (tertiary/aromatic N) is 2. The molecule has 4 nitrogen and oxygen atoms in total. The molecule has 0 saturated heterocycles. The van der Waals surface area contributed by atoms with E-state index in [1.807, 2.05) is 62.0 Å². The van der Waals surface area contributed by atoms with Gasteiger partial charge in [0.15, 0.2) is 5.78 Å². The van der Waals surface area contributed by atoms with E-state index in [0.717, 1.165) is 38.0 Å². The largest absolute Gasteiger partial charge is 0.351 e. The highest BCUT2D eigenvalue weighted by atomic mass is 19.1. The van der Waals surface area contributed by atoms with E-state index in [1.165, 1.54) is 12.1 Å². The molecule has 1 N–H and O–H groups in total. The maximum absolute atomic E-state index is 13.4. The number of carbonyl (C=O) groups excluding carboxylic acids is 1. The lowest BCUT2D eigenvalue weighted by Crippen LogP contribution is -2.33. The van der Waals surface area contributed by atoms with Crippen molar-refractivity contribution in [1.82, 2.24) is 4.57 Å². The van der Waals surface area contributed by atoms with Gasteiger partial charge in [-0.15, -0.1) is 0 Å². The number of pyridine rings is 1. The summed E-state index contributed by atoms with van der Waals surface area (Å²) in [5.41, 5.74) is 4.99. The molecule has 0 aliphatic carbocycles. The summed E-state index contributed by atoms with van der Waals surface area (Å²) < 4.78 is 16.5. The molecule has 0 radical (unpaired) electrons. The van der Waals surface area contributed by atoms with Crippen LogP contribution in [0.5, 0.6) is 0 Å². The van der Waals surface area contributed by atoms with Gasteiger partial charge in [-0.1, -0.05) is 19.1 Å². The first kappa shape index (κ1) is 19.8. The van der Waals surface area contributed by atoms with Gasteiger partial charge in [-0.2, -0.15) is 0 Å². The molecule has 5 heteroatoms. The highest BCUT2D eigenvalue weighted by molar-refractivity contribution is 6.05. The van der Waals surface area contributed by atoms with E-state index in [4.69, 9.17) is 0 Å². The Hall–Kier alpha value is -3.47. The number of aryl methyl sites for hydroxylation is 2. The monoisotopic (exact) mass is 403 g/mol. The summed E-state index contributed by atoms with van der Waals surface area (Å²) >= 11 is 0. The minimum Gasteiger partial charge on any atom is -0.351 e. The Morgan fingerprint density at radius 2 is 1.87 bits per heavy atom. The molecule has 152 valence electrons. The lowest BCUT2D eigenvalue weighted by molar-refractivity contribution is -0.909. The van der Waals surface area contributed by atoms with Gasteiger partial charge in [-0.05, 0) is 53.4 Å². The number of hydrogen-bond acceptors (Lipinski definition) is 2. The van der Waals surface area contributed by atoms with Crippen LogP contribution >= 0.6 is 0 Å². The molecule has 2 aromatic heterocycles. The lowest BCUT2D eigenvalue weighted by atomic mass is 9.91. The number of aromatic nitrogens is 2. The average molecular weight is 403 g/mol. The number of rotatable bonds is 5. The molecule has 0 amide bonds. The van der Waals surface area contributed by atoms with Gasteiger partial charge in [0.1, 0.15) is 5.82 Å². The highest BCUT2D eigenvalue weighted by Crippen LogP contribution is 2.32. The molecule has 0 saturated carbocycles. The molecular weight excluding hydrogens is 379 g/mol. The number of carbonyl (C=O) groups is 1. The average Bonchev–Trinajstić information content (AvgIpc) is 3.11. The minimum absolute atomic E-state index is 0.0269. The SMILES string of the molecule is Cc1ccc([C@@H](C)CC(=O)c2cc(-c3ccc(F)cc3)c3ccn(C)c3c2)c[n+]1O. The van der Waals surface area contributed by atoms with Crippen molar-refractivity contribution in [2.24, 2.45) is 7.05 Å². The Kier molecular flexibility index (Phi) is 5.12. The summed E-state index contributed by atoms with van der Waals surface area (Å²) in [5.74, 6) is -0.308. The summed E-state index contributed by atoms with van der Waals surface area (Å²) in [6, 6.07) is 15.9. The number of benzene rings is 2. The smallest absolute Gasteiger partial charge is 0.231 e. The van der Waals surface area contributed by atoms with Gasteiger partial charge in [-0.3, -0.25) is 10.0 Å². The number of hydrogen-bond donors (Lipinski definition) is 1. The molecule has 0 fully saturated rings. The van der Waals surface area contributed by atoms with Crippen LogP contribution < -0.4 is 4.73 Å². The molecule has 0 unspecified atom stereocenters. The molecule has 0 aliphatic rings. The van der Waals surface area contributed by atoms with Crippen LogP contribution in [0.25, 0.3) is 22.0 Å². The summed E-state index contributed by atoms with van der Waals surface area (Å²) in [6.45, 7) is 3.79. The van der Waals surface area contributed by atoms with Crippen LogP contribution in [0.1, 0.15) is 40.9 Å². The van der Waals surface area contributed by atoms with Crippen LogP contribution in [0.2, 0.25) is 0 Å². The molecule has 4 rings (SSSR count). The van der Waals surface area contributed by atoms with Crippen LogP contribution in [0.3, 0.4) is 0 Å². The first-order valence-electron chi connectivity index (χ1n) is 9.93. The number of ketones is 1. The number of halogens is 1. The van der Waals surface area contributed by atoms with E-state index in [2.05, 4.69) is 0 Å². The van der Waals surface area contributed by atoms with E-state index in [9.17, 15) is 14.4 Å². The van der Waals surface area contributed by atoms with Gasteiger partial charge in [0.2, 0.25) is 11.9 Å². The van der Waals surface area contributed by atoms with Crippen molar-refractivity contribution in [2.75, 3.05) is 0 Å². The van der Waals surface area contributed by atoms with E-state index >= 15 is 0 Å². The van der Waals surface area contributed by atoms with Crippen molar-refractivity contribution in [3.8, 4) is 11.1 Å². The maximum atomic E-state index is 13.4. The van der Waals surface area contributed by atoms with Crippen LogP contribution in [0.4, 0.5) is 4.39 Å². The summed E-state index contributed by atoms with van der Waals surface area (Å²) in [6.07, 6.45) is 3.93. The summed E-state index contributed by atoms with van der Waals surface area (Å²) in [4.78, 5) is 13.2. The zero-order valence-electron chi connectivity index (χ0n) is 17.3. The first-order chi connectivity index (χ1) is 14.3. The van der Waals surface area contributed by atoms with Crippen molar-refractivity contribution in [3.05, 3.63) is 89.6 Å². The maximum Gasteiger partial charge on any atom is 0.231 e. The van der Waals surface area contributed by atoms with Crippen LogP contribution in [-0.2, 0) is 7.05 Å². The quantitative estimate of drug-likeness (QED) is 0.283. The molecule has 2 heterocycles. The zero-order valence-corrected chi connectivity index (χ0v) is 17.3. The summed E-state index contributed by atoms with van der Waals surface area (Å²) in [7, 11) is 1.94. The second-order valence-corrected chi connectivity index (χ2v) is 7.87. The second kappa shape index (κ2) is 7.75. The highest BCUT2D eigenvalue weighted by Gasteiger charge is 2.19. The predicted molar refractivity (Wildman–Crippen MR) is 114 cm³/mol. The Balaban J connectivity index is 1.71. The molecule has 4 aromatic rings. The minimum atomic E-state index is -0.289. The van der Waals surface area contributed by atoms with Crippen LogP contribution in [0.15, 0.2) is 67.0 Å². The Labute approximate surface area is 174 Å². The fraction of sp³-hybridized carbons (Fsp3) is 0.200. The van der Waals surface area contributed by atoms with Crippen molar-refractivity contribution in [1.29, 1.82) is 0 Å².